The summed E-state index contributed by atoms with van der Waals surface area (Å²) in [6.07, 6.45) is 6.44. The third-order valence-corrected chi connectivity index (χ3v) is 7.86. The normalized spacial score (nSPS) is 18.2. The van der Waals surface area contributed by atoms with E-state index in [0.717, 1.165) is 37.7 Å². The van der Waals surface area contributed by atoms with Crippen molar-refractivity contribution in [3.63, 3.8) is 0 Å². The molecular formula is C23H30N4O4S. The van der Waals surface area contributed by atoms with Crippen molar-refractivity contribution in [2.45, 2.75) is 55.5 Å². The van der Waals surface area contributed by atoms with Gasteiger partial charge in [-0.2, -0.15) is 4.31 Å². The van der Waals surface area contributed by atoms with Crippen LogP contribution in [0.1, 0.15) is 48.2 Å². The van der Waals surface area contributed by atoms with E-state index in [0.29, 0.717) is 19.5 Å². The SMILES string of the molecule is Cn1cc(S(=O)(=O)N2CCCCC2)cc1C(=O)NC(Cc1ccccc1)C(=O)NC1CC1. The highest BCUT2D eigenvalue weighted by molar-refractivity contribution is 7.89. The summed E-state index contributed by atoms with van der Waals surface area (Å²) < 4.78 is 29.0. The van der Waals surface area contributed by atoms with E-state index >= 15 is 0 Å². The lowest BCUT2D eigenvalue weighted by Crippen LogP contribution is -2.48. The van der Waals surface area contributed by atoms with Crippen molar-refractivity contribution in [1.82, 2.24) is 19.5 Å². The zero-order chi connectivity index (χ0) is 22.7. The Morgan fingerprint density at radius 2 is 1.78 bits per heavy atom. The summed E-state index contributed by atoms with van der Waals surface area (Å²) in [4.78, 5) is 26.0. The van der Waals surface area contributed by atoms with Crippen LogP contribution in [-0.4, -0.2) is 54.3 Å². The number of hydrogen-bond acceptors (Lipinski definition) is 4. The number of nitrogens with one attached hydrogen (secondary N) is 2. The predicted octanol–water partition coefficient (Wildman–Crippen LogP) is 1.82. The fraction of sp³-hybridized carbons (Fsp3) is 0.478. The molecule has 4 rings (SSSR count). The van der Waals surface area contributed by atoms with E-state index in [9.17, 15) is 18.0 Å². The summed E-state index contributed by atoms with van der Waals surface area (Å²) >= 11 is 0. The van der Waals surface area contributed by atoms with Crippen LogP contribution in [0.15, 0.2) is 47.5 Å². The fourth-order valence-electron chi connectivity index (χ4n) is 3.98. The number of carbonyl (C=O) groups is 2. The van der Waals surface area contributed by atoms with Crippen molar-refractivity contribution in [3.05, 3.63) is 53.9 Å². The molecule has 2 aliphatic rings. The van der Waals surface area contributed by atoms with Gasteiger partial charge in [0.05, 0.1) is 0 Å². The van der Waals surface area contributed by atoms with Gasteiger partial charge in [0.1, 0.15) is 16.6 Å². The van der Waals surface area contributed by atoms with Crippen LogP contribution in [0.5, 0.6) is 0 Å². The molecule has 2 N–H and O–H groups in total. The Hall–Kier alpha value is -2.65. The number of sulfonamides is 1. The molecule has 1 aromatic carbocycles. The Balaban J connectivity index is 1.52. The van der Waals surface area contributed by atoms with Gasteiger partial charge in [-0.3, -0.25) is 9.59 Å². The van der Waals surface area contributed by atoms with Crippen LogP contribution >= 0.6 is 0 Å². The second-order valence-electron chi connectivity index (χ2n) is 8.64. The second-order valence-corrected chi connectivity index (χ2v) is 10.6. The number of hydrogen-bond donors (Lipinski definition) is 2. The predicted molar refractivity (Wildman–Crippen MR) is 121 cm³/mol. The molecule has 172 valence electrons. The van der Waals surface area contributed by atoms with Gasteiger partial charge in [-0.05, 0) is 37.3 Å². The molecule has 2 fully saturated rings. The van der Waals surface area contributed by atoms with Crippen molar-refractivity contribution in [1.29, 1.82) is 0 Å². The lowest BCUT2D eigenvalue weighted by atomic mass is 10.0. The molecule has 0 spiro atoms. The zero-order valence-electron chi connectivity index (χ0n) is 18.3. The van der Waals surface area contributed by atoms with Gasteiger partial charge in [-0.1, -0.05) is 36.8 Å². The molecule has 2 heterocycles. The van der Waals surface area contributed by atoms with Gasteiger partial charge in [0.2, 0.25) is 15.9 Å². The summed E-state index contributed by atoms with van der Waals surface area (Å²) in [5.41, 5.74) is 1.14. The van der Waals surface area contributed by atoms with Gasteiger partial charge in [-0.25, -0.2) is 8.42 Å². The van der Waals surface area contributed by atoms with E-state index in [1.165, 1.54) is 21.1 Å². The number of piperidine rings is 1. The third-order valence-electron chi connectivity index (χ3n) is 5.99. The Kier molecular flexibility index (Phi) is 6.66. The van der Waals surface area contributed by atoms with E-state index in [1.807, 2.05) is 30.3 Å². The van der Waals surface area contributed by atoms with E-state index in [1.54, 1.807) is 7.05 Å². The largest absolute Gasteiger partial charge is 0.352 e. The standard InChI is InChI=1S/C23H30N4O4S/c1-26-16-19(32(30,31)27-12-6-3-7-13-27)15-21(26)23(29)25-20(22(28)24-18-10-11-18)14-17-8-4-2-5-9-17/h2,4-5,8-9,15-16,18,20H,3,6-7,10-14H2,1H3,(H,24,28)(H,25,29). The minimum Gasteiger partial charge on any atom is -0.352 e. The number of benzene rings is 1. The summed E-state index contributed by atoms with van der Waals surface area (Å²) in [7, 11) is -2.01. The number of rotatable bonds is 8. The highest BCUT2D eigenvalue weighted by Crippen LogP contribution is 2.23. The number of aryl methyl sites for hydroxylation is 1. The molecule has 1 saturated carbocycles. The molecule has 0 bridgehead atoms. The molecule has 32 heavy (non-hydrogen) atoms. The number of amides is 2. The quantitative estimate of drug-likeness (QED) is 0.630. The first-order chi connectivity index (χ1) is 15.3. The van der Waals surface area contributed by atoms with Crippen LogP contribution in [-0.2, 0) is 28.3 Å². The van der Waals surface area contributed by atoms with Gasteiger partial charge in [0.15, 0.2) is 0 Å². The average Bonchev–Trinajstić information content (AvgIpc) is 3.52. The molecule has 8 nitrogen and oxygen atoms in total. The van der Waals surface area contributed by atoms with Crippen LogP contribution in [0.4, 0.5) is 0 Å². The lowest BCUT2D eigenvalue weighted by molar-refractivity contribution is -0.123. The number of carbonyl (C=O) groups excluding carboxylic acids is 2. The van der Waals surface area contributed by atoms with Crippen molar-refractivity contribution in [3.8, 4) is 0 Å². The summed E-state index contributed by atoms with van der Waals surface area (Å²) in [6, 6.07) is 10.3. The Morgan fingerprint density at radius 3 is 2.44 bits per heavy atom. The van der Waals surface area contributed by atoms with Crippen LogP contribution in [0.2, 0.25) is 0 Å². The molecule has 1 aromatic heterocycles. The van der Waals surface area contributed by atoms with Crippen molar-refractivity contribution in [2.75, 3.05) is 13.1 Å². The fourth-order valence-corrected chi connectivity index (χ4v) is 5.56. The van der Waals surface area contributed by atoms with E-state index in [-0.39, 0.29) is 22.5 Å². The Labute approximate surface area is 189 Å². The second kappa shape index (κ2) is 9.46. The van der Waals surface area contributed by atoms with Gasteiger partial charge in [-0.15, -0.1) is 0 Å². The monoisotopic (exact) mass is 458 g/mol. The first-order valence-electron chi connectivity index (χ1n) is 11.2. The molecular weight excluding hydrogens is 428 g/mol. The molecule has 1 unspecified atom stereocenters. The smallest absolute Gasteiger partial charge is 0.268 e. The zero-order valence-corrected chi connectivity index (χ0v) is 19.1. The number of nitrogens with zero attached hydrogens (tertiary/aromatic N) is 2. The van der Waals surface area contributed by atoms with Crippen LogP contribution in [0, 0.1) is 0 Å². The molecule has 1 atom stereocenters. The van der Waals surface area contributed by atoms with E-state index < -0.39 is 22.0 Å². The van der Waals surface area contributed by atoms with E-state index in [2.05, 4.69) is 10.6 Å². The maximum atomic E-state index is 13.1. The maximum absolute atomic E-state index is 13.1. The Morgan fingerprint density at radius 1 is 1.09 bits per heavy atom. The molecule has 2 amide bonds. The molecule has 1 aliphatic heterocycles. The Bertz CT molecular complexity index is 1070. The van der Waals surface area contributed by atoms with Crippen LogP contribution in [0.25, 0.3) is 0 Å². The summed E-state index contributed by atoms with van der Waals surface area (Å²) in [6.45, 7) is 0.999. The summed E-state index contributed by atoms with van der Waals surface area (Å²) in [5.74, 6) is -0.695. The highest BCUT2D eigenvalue weighted by atomic mass is 32.2. The topological polar surface area (TPSA) is 101 Å². The van der Waals surface area contributed by atoms with Gasteiger partial charge < -0.3 is 15.2 Å². The minimum absolute atomic E-state index is 0.106. The third kappa shape index (κ3) is 5.21. The van der Waals surface area contributed by atoms with Gasteiger partial charge >= 0.3 is 0 Å². The highest BCUT2D eigenvalue weighted by Gasteiger charge is 2.31. The van der Waals surface area contributed by atoms with Crippen molar-refractivity contribution >= 4 is 21.8 Å². The molecule has 1 saturated heterocycles. The summed E-state index contributed by atoms with van der Waals surface area (Å²) in [5, 5.41) is 5.77. The minimum atomic E-state index is -3.64. The first kappa shape index (κ1) is 22.5. The van der Waals surface area contributed by atoms with Crippen molar-refractivity contribution in [2.24, 2.45) is 7.05 Å². The van der Waals surface area contributed by atoms with E-state index in [4.69, 9.17) is 0 Å². The molecule has 1 aliphatic carbocycles. The van der Waals surface area contributed by atoms with Crippen LogP contribution in [0.3, 0.4) is 0 Å². The van der Waals surface area contributed by atoms with Crippen LogP contribution < -0.4 is 10.6 Å². The van der Waals surface area contributed by atoms with Crippen molar-refractivity contribution < 1.29 is 18.0 Å². The molecule has 0 radical (unpaired) electrons. The average molecular weight is 459 g/mol. The maximum Gasteiger partial charge on any atom is 0.268 e. The van der Waals surface area contributed by atoms with Gasteiger partial charge in [0, 0.05) is 38.8 Å². The molecule has 2 aromatic rings. The number of aromatic nitrogens is 1. The molecule has 9 heteroatoms. The first-order valence-corrected chi connectivity index (χ1v) is 12.6. The van der Waals surface area contributed by atoms with Gasteiger partial charge in [0.25, 0.3) is 5.91 Å². The lowest BCUT2D eigenvalue weighted by Gasteiger charge is -2.25.